The molecule has 0 fully saturated rings. The summed E-state index contributed by atoms with van der Waals surface area (Å²) in [5.74, 6) is -1.38. The van der Waals surface area contributed by atoms with Gasteiger partial charge in [-0.2, -0.15) is 4.68 Å². The average molecular weight is 256 g/mol. The molecular formula is C9H7ClFN5O. The minimum Gasteiger partial charge on any atom is -0.382 e. The summed E-state index contributed by atoms with van der Waals surface area (Å²) in [7, 11) is 0. The lowest BCUT2D eigenvalue weighted by Gasteiger charge is -2.03. The summed E-state index contributed by atoms with van der Waals surface area (Å²) in [5, 5.41) is 7.07. The van der Waals surface area contributed by atoms with Crippen molar-refractivity contribution in [1.29, 1.82) is 0 Å². The number of nitrogen functional groups attached to an aromatic ring is 1. The van der Waals surface area contributed by atoms with Crippen LogP contribution in [0.4, 0.5) is 10.2 Å². The quantitative estimate of drug-likeness (QED) is 0.827. The summed E-state index contributed by atoms with van der Waals surface area (Å²) in [4.78, 5) is 10.9. The summed E-state index contributed by atoms with van der Waals surface area (Å²) in [6.45, 7) is 0. The number of halogens is 2. The van der Waals surface area contributed by atoms with Gasteiger partial charge in [-0.1, -0.05) is 16.8 Å². The van der Waals surface area contributed by atoms with Gasteiger partial charge in [0.05, 0.1) is 10.7 Å². The van der Waals surface area contributed by atoms with Crippen LogP contribution in [0.15, 0.2) is 18.2 Å². The highest BCUT2D eigenvalue weighted by Crippen LogP contribution is 2.20. The lowest BCUT2D eigenvalue weighted by Crippen LogP contribution is -2.14. The Labute approximate surface area is 100.0 Å². The second kappa shape index (κ2) is 4.02. The summed E-state index contributed by atoms with van der Waals surface area (Å²) in [5.41, 5.74) is 10.9. The molecule has 6 nitrogen and oxygen atoms in total. The van der Waals surface area contributed by atoms with Crippen molar-refractivity contribution in [1.82, 2.24) is 15.0 Å². The van der Waals surface area contributed by atoms with Crippen LogP contribution in [-0.4, -0.2) is 20.9 Å². The first-order valence-electron chi connectivity index (χ1n) is 4.47. The molecule has 0 saturated carbocycles. The number of hydrogen-bond donors (Lipinski definition) is 2. The molecule has 0 aliphatic carbocycles. The summed E-state index contributed by atoms with van der Waals surface area (Å²) in [6.07, 6.45) is 0. The number of nitrogens with zero attached hydrogens (tertiary/aromatic N) is 3. The maximum atomic E-state index is 13.0. The second-order valence-electron chi connectivity index (χ2n) is 3.20. The van der Waals surface area contributed by atoms with Gasteiger partial charge in [-0.25, -0.2) is 4.39 Å². The Morgan fingerprint density at radius 3 is 2.71 bits per heavy atom. The molecule has 0 aliphatic heterocycles. The van der Waals surface area contributed by atoms with Crippen LogP contribution >= 0.6 is 11.6 Å². The molecule has 1 aromatic heterocycles. The standard InChI is InChI=1S/C9H7ClFN5O/c10-5-3-4(1-2-6(5)11)16-8(12)7(9(13)17)14-15-16/h1-3H,12H2,(H2,13,17). The molecule has 0 unspecified atom stereocenters. The Morgan fingerprint density at radius 2 is 2.18 bits per heavy atom. The lowest BCUT2D eigenvalue weighted by molar-refractivity contribution is 0.0996. The zero-order valence-corrected chi connectivity index (χ0v) is 9.15. The molecular weight excluding hydrogens is 249 g/mol. The molecule has 1 heterocycles. The number of hydrogen-bond acceptors (Lipinski definition) is 4. The number of aromatic nitrogens is 3. The van der Waals surface area contributed by atoms with E-state index in [1.165, 1.54) is 12.1 Å². The van der Waals surface area contributed by atoms with Gasteiger partial charge in [0, 0.05) is 0 Å². The normalized spacial score (nSPS) is 10.5. The van der Waals surface area contributed by atoms with Gasteiger partial charge in [-0.15, -0.1) is 5.10 Å². The number of benzene rings is 1. The molecule has 0 saturated heterocycles. The molecule has 0 atom stereocenters. The van der Waals surface area contributed by atoms with E-state index in [0.717, 1.165) is 10.7 Å². The molecule has 8 heteroatoms. The van der Waals surface area contributed by atoms with Crippen molar-refractivity contribution in [3.63, 3.8) is 0 Å². The molecule has 0 radical (unpaired) electrons. The third-order valence-corrected chi connectivity index (χ3v) is 2.38. The fourth-order valence-corrected chi connectivity index (χ4v) is 1.45. The van der Waals surface area contributed by atoms with Gasteiger partial charge in [0.2, 0.25) is 0 Å². The molecule has 1 aromatic carbocycles. The van der Waals surface area contributed by atoms with Crippen molar-refractivity contribution >= 4 is 23.3 Å². The third-order valence-electron chi connectivity index (χ3n) is 2.09. The topological polar surface area (TPSA) is 99.8 Å². The number of carbonyl (C=O) groups excluding carboxylic acids is 1. The predicted octanol–water partition coefficient (Wildman–Crippen LogP) is 0.741. The van der Waals surface area contributed by atoms with Crippen molar-refractivity contribution in [2.45, 2.75) is 0 Å². The first-order chi connectivity index (χ1) is 8.00. The zero-order chi connectivity index (χ0) is 12.6. The van der Waals surface area contributed by atoms with E-state index in [1.807, 2.05) is 0 Å². The van der Waals surface area contributed by atoms with Crippen molar-refractivity contribution in [3.05, 3.63) is 34.7 Å². The Balaban J connectivity index is 2.53. The molecule has 0 bridgehead atoms. The number of nitrogens with two attached hydrogens (primary N) is 2. The van der Waals surface area contributed by atoms with Gasteiger partial charge in [-0.3, -0.25) is 4.79 Å². The number of carbonyl (C=O) groups is 1. The fraction of sp³-hybridized carbons (Fsp3) is 0. The van der Waals surface area contributed by atoms with Gasteiger partial charge in [0.1, 0.15) is 5.82 Å². The fourth-order valence-electron chi connectivity index (χ4n) is 1.27. The Bertz CT molecular complexity index is 597. The van der Waals surface area contributed by atoms with Crippen LogP contribution in [0.2, 0.25) is 5.02 Å². The van der Waals surface area contributed by atoms with E-state index in [4.69, 9.17) is 23.1 Å². The van der Waals surface area contributed by atoms with Gasteiger partial charge in [0.15, 0.2) is 11.5 Å². The van der Waals surface area contributed by atoms with E-state index in [0.29, 0.717) is 5.69 Å². The Kier molecular flexibility index (Phi) is 2.68. The van der Waals surface area contributed by atoms with E-state index in [-0.39, 0.29) is 16.5 Å². The van der Waals surface area contributed by atoms with Crippen molar-refractivity contribution in [3.8, 4) is 5.69 Å². The number of primary amides is 1. The monoisotopic (exact) mass is 255 g/mol. The highest BCUT2D eigenvalue weighted by atomic mass is 35.5. The molecule has 2 rings (SSSR count). The maximum absolute atomic E-state index is 13.0. The maximum Gasteiger partial charge on any atom is 0.273 e. The molecule has 88 valence electrons. The molecule has 1 amide bonds. The minimum absolute atomic E-state index is 0.0276. The van der Waals surface area contributed by atoms with Crippen molar-refractivity contribution in [2.75, 3.05) is 5.73 Å². The van der Waals surface area contributed by atoms with Crippen LogP contribution in [0.1, 0.15) is 10.5 Å². The van der Waals surface area contributed by atoms with Crippen LogP contribution in [0.25, 0.3) is 5.69 Å². The molecule has 2 aromatic rings. The van der Waals surface area contributed by atoms with Crippen LogP contribution in [0.5, 0.6) is 0 Å². The number of rotatable bonds is 2. The third kappa shape index (κ3) is 1.92. The summed E-state index contributed by atoms with van der Waals surface area (Å²) in [6, 6.07) is 3.87. The van der Waals surface area contributed by atoms with Gasteiger partial charge in [-0.05, 0) is 18.2 Å². The highest BCUT2D eigenvalue weighted by molar-refractivity contribution is 6.30. The molecule has 0 aliphatic rings. The van der Waals surface area contributed by atoms with Crippen LogP contribution in [0.3, 0.4) is 0 Å². The Hall–Kier alpha value is -2.15. The van der Waals surface area contributed by atoms with Gasteiger partial charge < -0.3 is 11.5 Å². The first-order valence-corrected chi connectivity index (χ1v) is 4.85. The minimum atomic E-state index is -0.790. The smallest absolute Gasteiger partial charge is 0.273 e. The van der Waals surface area contributed by atoms with E-state index < -0.39 is 11.7 Å². The van der Waals surface area contributed by atoms with E-state index in [1.54, 1.807) is 0 Å². The van der Waals surface area contributed by atoms with E-state index in [2.05, 4.69) is 10.3 Å². The van der Waals surface area contributed by atoms with E-state index in [9.17, 15) is 9.18 Å². The lowest BCUT2D eigenvalue weighted by atomic mass is 10.3. The van der Waals surface area contributed by atoms with E-state index >= 15 is 0 Å². The largest absolute Gasteiger partial charge is 0.382 e. The van der Waals surface area contributed by atoms with Crippen molar-refractivity contribution in [2.24, 2.45) is 5.73 Å². The molecule has 0 spiro atoms. The SMILES string of the molecule is NC(=O)c1nnn(-c2ccc(F)c(Cl)c2)c1N. The zero-order valence-electron chi connectivity index (χ0n) is 8.39. The van der Waals surface area contributed by atoms with Crippen LogP contribution < -0.4 is 11.5 Å². The number of anilines is 1. The summed E-state index contributed by atoms with van der Waals surface area (Å²) >= 11 is 5.62. The van der Waals surface area contributed by atoms with Crippen LogP contribution in [0, 0.1) is 5.82 Å². The number of amides is 1. The van der Waals surface area contributed by atoms with Gasteiger partial charge >= 0.3 is 0 Å². The average Bonchev–Trinajstić information content (AvgIpc) is 2.64. The molecule has 17 heavy (non-hydrogen) atoms. The second-order valence-corrected chi connectivity index (χ2v) is 3.60. The van der Waals surface area contributed by atoms with Crippen molar-refractivity contribution < 1.29 is 9.18 Å². The highest BCUT2D eigenvalue weighted by Gasteiger charge is 2.16. The first kappa shape index (κ1) is 11.3. The van der Waals surface area contributed by atoms with Crippen LogP contribution in [-0.2, 0) is 0 Å². The molecule has 4 N–H and O–H groups in total. The van der Waals surface area contributed by atoms with Gasteiger partial charge in [0.25, 0.3) is 5.91 Å². The predicted molar refractivity (Wildman–Crippen MR) is 59.3 cm³/mol. The Morgan fingerprint density at radius 1 is 1.47 bits per heavy atom. The summed E-state index contributed by atoms with van der Waals surface area (Å²) < 4.78 is 14.1.